The Bertz CT molecular complexity index is 245. The number of nitrogens with one attached hydrogen (secondary N) is 1. The third-order valence-electron chi connectivity index (χ3n) is 4.38. The first-order valence-corrected chi connectivity index (χ1v) is 7.97. The minimum absolute atomic E-state index is 0.299. The molecule has 0 spiro atoms. The zero-order chi connectivity index (χ0) is 14.3. The van der Waals surface area contributed by atoms with Gasteiger partial charge < -0.3 is 14.8 Å². The molecule has 0 amide bonds. The summed E-state index contributed by atoms with van der Waals surface area (Å²) in [7, 11) is 0. The molecule has 0 saturated heterocycles. The molecule has 1 N–H and O–H groups in total. The van der Waals surface area contributed by atoms with Crippen LogP contribution in [0.3, 0.4) is 0 Å². The Hall–Kier alpha value is -0.120. The van der Waals surface area contributed by atoms with Crippen molar-refractivity contribution in [1.82, 2.24) is 5.32 Å². The van der Waals surface area contributed by atoms with Crippen LogP contribution < -0.4 is 5.32 Å². The largest absolute Gasteiger partial charge is 0.379 e. The Balaban J connectivity index is 2.20. The van der Waals surface area contributed by atoms with E-state index in [1.54, 1.807) is 0 Å². The van der Waals surface area contributed by atoms with Crippen molar-refractivity contribution >= 4 is 0 Å². The van der Waals surface area contributed by atoms with Crippen molar-refractivity contribution in [3.8, 4) is 0 Å². The zero-order valence-corrected chi connectivity index (χ0v) is 13.5. The fourth-order valence-corrected chi connectivity index (χ4v) is 2.75. The van der Waals surface area contributed by atoms with Gasteiger partial charge in [-0.3, -0.25) is 0 Å². The minimum atomic E-state index is 0.299. The lowest BCUT2D eigenvalue weighted by Gasteiger charge is -2.54. The van der Waals surface area contributed by atoms with Gasteiger partial charge in [-0.25, -0.2) is 0 Å². The summed E-state index contributed by atoms with van der Waals surface area (Å²) in [6, 6.07) is 0.624. The summed E-state index contributed by atoms with van der Waals surface area (Å²) < 4.78 is 11.6. The van der Waals surface area contributed by atoms with Crippen LogP contribution in [-0.2, 0) is 9.47 Å². The number of hydrogen-bond acceptors (Lipinski definition) is 3. The summed E-state index contributed by atoms with van der Waals surface area (Å²) in [6.07, 6.45) is 3.92. The molecule has 0 heterocycles. The smallest absolute Gasteiger partial charge is 0.0704 e. The van der Waals surface area contributed by atoms with Crippen LogP contribution in [0.4, 0.5) is 0 Å². The molecule has 1 fully saturated rings. The van der Waals surface area contributed by atoms with Crippen molar-refractivity contribution < 1.29 is 9.47 Å². The lowest BCUT2D eigenvalue weighted by atomic mass is 9.61. The van der Waals surface area contributed by atoms with Gasteiger partial charge in [0, 0.05) is 18.1 Å². The van der Waals surface area contributed by atoms with Crippen LogP contribution in [0.5, 0.6) is 0 Å². The van der Waals surface area contributed by atoms with E-state index in [0.717, 1.165) is 32.8 Å². The summed E-state index contributed by atoms with van der Waals surface area (Å²) in [6.45, 7) is 14.6. The maximum atomic E-state index is 6.01. The zero-order valence-electron chi connectivity index (χ0n) is 13.5. The Morgan fingerprint density at radius 3 is 2.58 bits per heavy atom. The normalized spacial score (nSPS) is 30.6. The van der Waals surface area contributed by atoms with E-state index in [-0.39, 0.29) is 0 Å². The summed E-state index contributed by atoms with van der Waals surface area (Å²) in [5, 5.41) is 3.65. The summed E-state index contributed by atoms with van der Waals surface area (Å²) in [4.78, 5) is 0. The maximum Gasteiger partial charge on any atom is 0.0704 e. The second kappa shape index (κ2) is 8.23. The van der Waals surface area contributed by atoms with Gasteiger partial charge in [0.05, 0.1) is 19.3 Å². The molecular formula is C16H33NO2. The Labute approximate surface area is 119 Å². The molecule has 1 aliphatic carbocycles. The molecule has 3 atom stereocenters. The lowest BCUT2D eigenvalue weighted by molar-refractivity contribution is -0.137. The van der Waals surface area contributed by atoms with Gasteiger partial charge in [-0.05, 0) is 31.7 Å². The van der Waals surface area contributed by atoms with Crippen molar-refractivity contribution in [2.75, 3.05) is 26.4 Å². The second-order valence-electron chi connectivity index (χ2n) is 6.43. The molecule has 1 rings (SSSR count). The molecule has 3 heteroatoms. The third kappa shape index (κ3) is 4.73. The van der Waals surface area contributed by atoms with Crippen molar-refractivity contribution in [2.24, 2.45) is 11.3 Å². The number of rotatable bonds is 10. The predicted octanol–water partition coefficient (Wildman–Crippen LogP) is 3.23. The molecule has 19 heavy (non-hydrogen) atoms. The fourth-order valence-electron chi connectivity index (χ4n) is 2.75. The Morgan fingerprint density at radius 2 is 2.00 bits per heavy atom. The predicted molar refractivity (Wildman–Crippen MR) is 80.5 cm³/mol. The highest BCUT2D eigenvalue weighted by Gasteiger charge is 2.50. The molecule has 0 aromatic carbocycles. The average molecular weight is 271 g/mol. The van der Waals surface area contributed by atoms with E-state index in [1.165, 1.54) is 12.8 Å². The first-order chi connectivity index (χ1) is 9.04. The van der Waals surface area contributed by atoms with E-state index in [4.69, 9.17) is 9.47 Å². The van der Waals surface area contributed by atoms with Crippen LogP contribution in [0.1, 0.15) is 53.9 Å². The molecule has 1 aliphatic rings. The monoisotopic (exact) mass is 271 g/mol. The molecule has 0 bridgehead atoms. The summed E-state index contributed by atoms with van der Waals surface area (Å²) in [5.74, 6) is 0.604. The molecule has 0 aliphatic heterocycles. The first-order valence-electron chi connectivity index (χ1n) is 7.97. The average Bonchev–Trinajstić information content (AvgIpc) is 2.38. The van der Waals surface area contributed by atoms with Crippen molar-refractivity contribution in [3.63, 3.8) is 0 Å². The van der Waals surface area contributed by atoms with Gasteiger partial charge in [-0.1, -0.05) is 34.6 Å². The van der Waals surface area contributed by atoms with Crippen LogP contribution >= 0.6 is 0 Å². The Morgan fingerprint density at radius 1 is 1.26 bits per heavy atom. The van der Waals surface area contributed by atoms with E-state index in [1.807, 2.05) is 0 Å². The first kappa shape index (κ1) is 16.9. The molecule has 1 saturated carbocycles. The number of hydrogen-bond donors (Lipinski definition) is 1. The highest BCUT2D eigenvalue weighted by Crippen LogP contribution is 2.45. The maximum absolute atomic E-state index is 6.01. The molecule has 114 valence electrons. The van der Waals surface area contributed by atoms with E-state index < -0.39 is 0 Å². The highest BCUT2D eigenvalue weighted by molar-refractivity contribution is 5.04. The topological polar surface area (TPSA) is 30.5 Å². The fraction of sp³-hybridized carbons (Fsp3) is 1.00. The molecule has 3 nitrogen and oxygen atoms in total. The second-order valence-corrected chi connectivity index (χ2v) is 6.43. The van der Waals surface area contributed by atoms with Gasteiger partial charge in [0.25, 0.3) is 0 Å². The van der Waals surface area contributed by atoms with Crippen LogP contribution in [0.15, 0.2) is 0 Å². The molecule has 3 unspecified atom stereocenters. The van der Waals surface area contributed by atoms with Gasteiger partial charge >= 0.3 is 0 Å². The molecule has 0 radical (unpaired) electrons. The van der Waals surface area contributed by atoms with Gasteiger partial charge in [0.2, 0.25) is 0 Å². The SMILES string of the molecule is CCCNC1CC(OCCOCC(C)C)C1(C)CC. The Kier molecular flexibility index (Phi) is 7.33. The molecule has 0 aromatic heterocycles. The van der Waals surface area contributed by atoms with Crippen LogP contribution in [0.2, 0.25) is 0 Å². The van der Waals surface area contributed by atoms with E-state index in [9.17, 15) is 0 Å². The van der Waals surface area contributed by atoms with Crippen LogP contribution in [-0.4, -0.2) is 38.5 Å². The van der Waals surface area contributed by atoms with Crippen LogP contribution in [0, 0.1) is 11.3 Å². The van der Waals surface area contributed by atoms with Gasteiger partial charge in [0.15, 0.2) is 0 Å². The van der Waals surface area contributed by atoms with Crippen molar-refractivity contribution in [1.29, 1.82) is 0 Å². The molecular weight excluding hydrogens is 238 g/mol. The standard InChI is InChI=1S/C16H33NO2/c1-6-8-17-14-11-15(16(14,5)7-2)19-10-9-18-12-13(3)4/h13-15,17H,6-12H2,1-5H3. The van der Waals surface area contributed by atoms with Gasteiger partial charge in [-0.2, -0.15) is 0 Å². The minimum Gasteiger partial charge on any atom is -0.379 e. The van der Waals surface area contributed by atoms with Crippen molar-refractivity contribution in [3.05, 3.63) is 0 Å². The van der Waals surface area contributed by atoms with Gasteiger partial charge in [0.1, 0.15) is 0 Å². The summed E-state index contributed by atoms with van der Waals surface area (Å²) in [5.41, 5.74) is 0.299. The lowest BCUT2D eigenvalue weighted by Crippen LogP contribution is -2.62. The van der Waals surface area contributed by atoms with E-state index in [2.05, 4.69) is 39.9 Å². The van der Waals surface area contributed by atoms with E-state index in [0.29, 0.717) is 23.5 Å². The highest BCUT2D eigenvalue weighted by atomic mass is 16.5. The van der Waals surface area contributed by atoms with E-state index >= 15 is 0 Å². The quantitative estimate of drug-likeness (QED) is 0.619. The number of ether oxygens (including phenoxy) is 2. The van der Waals surface area contributed by atoms with Crippen molar-refractivity contribution in [2.45, 2.75) is 66.0 Å². The molecule has 0 aromatic rings. The summed E-state index contributed by atoms with van der Waals surface area (Å²) >= 11 is 0. The van der Waals surface area contributed by atoms with Gasteiger partial charge in [-0.15, -0.1) is 0 Å². The van der Waals surface area contributed by atoms with Crippen LogP contribution in [0.25, 0.3) is 0 Å². The third-order valence-corrected chi connectivity index (χ3v) is 4.38.